The Morgan fingerprint density at radius 3 is 2.68 bits per heavy atom. The Bertz CT molecular complexity index is 1190. The molecule has 3 heterocycles. The molecule has 6 heteroatoms. The summed E-state index contributed by atoms with van der Waals surface area (Å²) in [6.07, 6.45) is 8.88. The van der Waals surface area contributed by atoms with Crippen LogP contribution in [0.5, 0.6) is 0 Å². The number of nitrogens with one attached hydrogen (secondary N) is 1. The van der Waals surface area contributed by atoms with Crippen LogP contribution in [0.25, 0.3) is 22.2 Å². The fourth-order valence-corrected chi connectivity index (χ4v) is 4.22. The second kappa shape index (κ2) is 8.62. The number of rotatable bonds is 5. The number of nitrogens with zero attached hydrogens (tertiary/aromatic N) is 4. The van der Waals surface area contributed by atoms with Crippen molar-refractivity contribution in [1.82, 2.24) is 19.9 Å². The Labute approximate surface area is 181 Å². The van der Waals surface area contributed by atoms with Crippen LogP contribution in [0.2, 0.25) is 0 Å². The van der Waals surface area contributed by atoms with Crippen molar-refractivity contribution in [3.63, 3.8) is 0 Å². The predicted octanol–water partition coefficient (Wildman–Crippen LogP) is 4.29. The standard InChI is InChI=1S/C25H23N5O/c31-25(29-21-10-8-18(9-11-21)19-5-2-12-26-16-19)23-7-3-15-30(23)17-20-4-1-6-22-24(20)28-14-13-27-22/h1-2,4-6,8-14,16,23H,3,7,15,17H2,(H,29,31). The van der Waals surface area contributed by atoms with E-state index in [-0.39, 0.29) is 11.9 Å². The first-order valence-corrected chi connectivity index (χ1v) is 10.5. The van der Waals surface area contributed by atoms with Crippen molar-refractivity contribution in [1.29, 1.82) is 0 Å². The van der Waals surface area contributed by atoms with E-state index in [1.54, 1.807) is 18.6 Å². The average Bonchev–Trinajstić information content (AvgIpc) is 3.29. The first-order valence-electron chi connectivity index (χ1n) is 10.5. The van der Waals surface area contributed by atoms with Crippen LogP contribution in [-0.4, -0.2) is 38.3 Å². The van der Waals surface area contributed by atoms with Crippen molar-refractivity contribution in [2.45, 2.75) is 25.4 Å². The maximum atomic E-state index is 13.0. The summed E-state index contributed by atoms with van der Waals surface area (Å²) in [6, 6.07) is 17.7. The van der Waals surface area contributed by atoms with Crippen LogP contribution in [0.4, 0.5) is 5.69 Å². The number of para-hydroxylation sites is 1. The molecule has 5 rings (SSSR count). The monoisotopic (exact) mass is 409 g/mol. The molecule has 154 valence electrons. The molecule has 6 nitrogen and oxygen atoms in total. The van der Waals surface area contributed by atoms with Gasteiger partial charge in [-0.2, -0.15) is 0 Å². The topological polar surface area (TPSA) is 71.0 Å². The molecule has 31 heavy (non-hydrogen) atoms. The number of carbonyl (C=O) groups is 1. The first kappa shape index (κ1) is 19.3. The van der Waals surface area contributed by atoms with E-state index in [0.717, 1.165) is 52.8 Å². The number of carbonyl (C=O) groups excluding carboxylic acids is 1. The normalized spacial score (nSPS) is 16.5. The number of fused-ring (bicyclic) bond motifs is 1. The summed E-state index contributed by atoms with van der Waals surface area (Å²) in [7, 11) is 0. The van der Waals surface area contributed by atoms with Gasteiger partial charge in [-0.05, 0) is 60.3 Å². The van der Waals surface area contributed by atoms with E-state index in [4.69, 9.17) is 0 Å². The minimum absolute atomic E-state index is 0.0398. The molecular weight excluding hydrogens is 386 g/mol. The molecule has 0 aliphatic carbocycles. The maximum Gasteiger partial charge on any atom is 0.241 e. The summed E-state index contributed by atoms with van der Waals surface area (Å²) in [6.45, 7) is 1.59. The molecule has 4 aromatic rings. The van der Waals surface area contributed by atoms with Gasteiger partial charge in [0.15, 0.2) is 0 Å². The number of hydrogen-bond acceptors (Lipinski definition) is 5. The van der Waals surface area contributed by atoms with Crippen LogP contribution >= 0.6 is 0 Å². The number of likely N-dealkylation sites (tertiary alicyclic amines) is 1. The molecule has 2 aromatic heterocycles. The molecule has 1 unspecified atom stereocenters. The fourth-order valence-electron chi connectivity index (χ4n) is 4.22. The van der Waals surface area contributed by atoms with E-state index in [2.05, 4.69) is 31.2 Å². The molecule has 1 N–H and O–H groups in total. The van der Waals surface area contributed by atoms with E-state index in [1.807, 2.05) is 54.7 Å². The molecule has 1 fully saturated rings. The first-order chi connectivity index (χ1) is 15.3. The van der Waals surface area contributed by atoms with E-state index in [9.17, 15) is 4.79 Å². The lowest BCUT2D eigenvalue weighted by Gasteiger charge is -2.24. The highest BCUT2D eigenvalue weighted by molar-refractivity contribution is 5.95. The largest absolute Gasteiger partial charge is 0.325 e. The molecule has 0 saturated carbocycles. The summed E-state index contributed by atoms with van der Waals surface area (Å²) >= 11 is 0. The zero-order valence-corrected chi connectivity index (χ0v) is 17.1. The Morgan fingerprint density at radius 1 is 0.968 bits per heavy atom. The van der Waals surface area contributed by atoms with Gasteiger partial charge >= 0.3 is 0 Å². The van der Waals surface area contributed by atoms with Crippen LogP contribution < -0.4 is 5.32 Å². The lowest BCUT2D eigenvalue weighted by atomic mass is 10.1. The molecule has 1 amide bonds. The summed E-state index contributed by atoms with van der Waals surface area (Å²) in [5, 5.41) is 3.09. The lowest BCUT2D eigenvalue weighted by Crippen LogP contribution is -2.39. The Kier molecular flexibility index (Phi) is 5.37. The predicted molar refractivity (Wildman–Crippen MR) is 121 cm³/mol. The van der Waals surface area contributed by atoms with Gasteiger partial charge < -0.3 is 5.32 Å². The number of pyridine rings is 1. The second-order valence-corrected chi connectivity index (χ2v) is 7.78. The maximum absolute atomic E-state index is 13.0. The van der Waals surface area contributed by atoms with Crippen molar-refractivity contribution in [2.75, 3.05) is 11.9 Å². The minimum Gasteiger partial charge on any atom is -0.325 e. The third-order valence-electron chi connectivity index (χ3n) is 5.77. The summed E-state index contributed by atoms with van der Waals surface area (Å²) < 4.78 is 0. The van der Waals surface area contributed by atoms with Crippen LogP contribution in [0.1, 0.15) is 18.4 Å². The number of hydrogen-bond donors (Lipinski definition) is 1. The highest BCUT2D eigenvalue weighted by Crippen LogP contribution is 2.25. The van der Waals surface area contributed by atoms with Crippen LogP contribution in [0.15, 0.2) is 79.4 Å². The van der Waals surface area contributed by atoms with Crippen molar-refractivity contribution in [3.8, 4) is 11.1 Å². The minimum atomic E-state index is -0.148. The Hall–Kier alpha value is -3.64. The molecule has 1 aliphatic heterocycles. The van der Waals surface area contributed by atoms with Gasteiger partial charge in [0, 0.05) is 37.0 Å². The smallest absolute Gasteiger partial charge is 0.241 e. The SMILES string of the molecule is O=C(Nc1ccc(-c2cccnc2)cc1)C1CCCN1Cc1cccc2nccnc12. The van der Waals surface area contributed by atoms with E-state index < -0.39 is 0 Å². The van der Waals surface area contributed by atoms with Crippen LogP contribution in [0.3, 0.4) is 0 Å². The van der Waals surface area contributed by atoms with Crippen LogP contribution in [0, 0.1) is 0 Å². The molecule has 1 atom stereocenters. The van der Waals surface area contributed by atoms with Gasteiger partial charge in [-0.1, -0.05) is 30.3 Å². The number of benzene rings is 2. The molecule has 1 saturated heterocycles. The number of aromatic nitrogens is 3. The van der Waals surface area contributed by atoms with Gasteiger partial charge in [-0.3, -0.25) is 24.6 Å². The summed E-state index contributed by atoms with van der Waals surface area (Å²) in [4.78, 5) is 28.3. The summed E-state index contributed by atoms with van der Waals surface area (Å²) in [5.74, 6) is 0.0398. The van der Waals surface area contributed by atoms with Gasteiger partial charge in [0.25, 0.3) is 0 Å². The van der Waals surface area contributed by atoms with Gasteiger partial charge in [-0.15, -0.1) is 0 Å². The third-order valence-corrected chi connectivity index (χ3v) is 5.77. The lowest BCUT2D eigenvalue weighted by molar-refractivity contribution is -0.120. The van der Waals surface area contributed by atoms with Crippen molar-refractivity contribution >= 4 is 22.6 Å². The molecule has 0 radical (unpaired) electrons. The third kappa shape index (κ3) is 4.15. The fraction of sp³-hybridized carbons (Fsp3) is 0.200. The highest BCUT2D eigenvalue weighted by atomic mass is 16.2. The van der Waals surface area contributed by atoms with Gasteiger partial charge in [0.2, 0.25) is 5.91 Å². The van der Waals surface area contributed by atoms with E-state index in [0.29, 0.717) is 6.54 Å². The number of anilines is 1. The Morgan fingerprint density at radius 2 is 1.84 bits per heavy atom. The molecular formula is C25H23N5O. The molecule has 0 bridgehead atoms. The van der Waals surface area contributed by atoms with Crippen molar-refractivity contribution < 1.29 is 4.79 Å². The van der Waals surface area contributed by atoms with Crippen LogP contribution in [-0.2, 0) is 11.3 Å². The van der Waals surface area contributed by atoms with E-state index >= 15 is 0 Å². The van der Waals surface area contributed by atoms with Gasteiger partial charge in [-0.25, -0.2) is 0 Å². The Balaban J connectivity index is 1.29. The number of amides is 1. The molecule has 2 aromatic carbocycles. The van der Waals surface area contributed by atoms with Gasteiger partial charge in [0.1, 0.15) is 0 Å². The average molecular weight is 409 g/mol. The zero-order chi connectivity index (χ0) is 21.0. The van der Waals surface area contributed by atoms with Crippen molar-refractivity contribution in [2.24, 2.45) is 0 Å². The highest BCUT2D eigenvalue weighted by Gasteiger charge is 2.31. The zero-order valence-electron chi connectivity index (χ0n) is 17.1. The van der Waals surface area contributed by atoms with E-state index in [1.165, 1.54) is 0 Å². The molecule has 0 spiro atoms. The second-order valence-electron chi connectivity index (χ2n) is 7.78. The van der Waals surface area contributed by atoms with Crippen molar-refractivity contribution in [3.05, 3.63) is 84.9 Å². The van der Waals surface area contributed by atoms with Gasteiger partial charge in [0.05, 0.1) is 17.1 Å². The summed E-state index contributed by atoms with van der Waals surface area (Å²) in [5.41, 5.74) is 5.83. The quantitative estimate of drug-likeness (QED) is 0.532. The molecule has 1 aliphatic rings.